The maximum Gasteiger partial charge on any atom is 0.148 e. The SMILES string of the molecule is CC1COC(C=O)C1.[Cl-]. The molecule has 2 unspecified atom stereocenters. The quantitative estimate of drug-likeness (QED) is 0.389. The van der Waals surface area contributed by atoms with Crippen molar-refractivity contribution < 1.29 is 21.9 Å². The molecule has 0 bridgehead atoms. The first-order chi connectivity index (χ1) is 3.83. The number of carbonyl (C=O) groups is 1. The second-order valence-electron chi connectivity index (χ2n) is 2.35. The molecule has 0 aliphatic carbocycles. The third kappa shape index (κ3) is 2.33. The highest BCUT2D eigenvalue weighted by Gasteiger charge is 2.20. The van der Waals surface area contributed by atoms with Crippen molar-refractivity contribution in [2.45, 2.75) is 19.4 Å². The number of carbonyl (C=O) groups excluding carboxylic acids is 1. The molecule has 1 saturated heterocycles. The maximum absolute atomic E-state index is 10.0. The highest BCUT2D eigenvalue weighted by atomic mass is 35.5. The van der Waals surface area contributed by atoms with Gasteiger partial charge in [0, 0.05) is 0 Å². The first-order valence-electron chi connectivity index (χ1n) is 2.90. The van der Waals surface area contributed by atoms with Crippen LogP contribution >= 0.6 is 0 Å². The first-order valence-corrected chi connectivity index (χ1v) is 2.90. The molecule has 1 heterocycles. The van der Waals surface area contributed by atoms with Crippen LogP contribution in [0.5, 0.6) is 0 Å². The molecule has 0 aromatic heterocycles. The Bertz CT molecular complexity index is 95.1. The van der Waals surface area contributed by atoms with Crippen molar-refractivity contribution in [3.8, 4) is 0 Å². The average molecular weight is 150 g/mol. The van der Waals surface area contributed by atoms with Crippen LogP contribution < -0.4 is 12.4 Å². The van der Waals surface area contributed by atoms with E-state index in [0.717, 1.165) is 19.3 Å². The summed E-state index contributed by atoms with van der Waals surface area (Å²) in [4.78, 5) is 10.0. The van der Waals surface area contributed by atoms with Gasteiger partial charge in [0.25, 0.3) is 0 Å². The molecule has 9 heavy (non-hydrogen) atoms. The van der Waals surface area contributed by atoms with Crippen LogP contribution in [0.25, 0.3) is 0 Å². The van der Waals surface area contributed by atoms with Crippen LogP contribution in [-0.4, -0.2) is 19.0 Å². The van der Waals surface area contributed by atoms with Gasteiger partial charge in [0.05, 0.1) is 6.61 Å². The van der Waals surface area contributed by atoms with Crippen molar-refractivity contribution in [2.24, 2.45) is 5.92 Å². The lowest BCUT2D eigenvalue weighted by Crippen LogP contribution is -3.00. The topological polar surface area (TPSA) is 26.3 Å². The fourth-order valence-corrected chi connectivity index (χ4v) is 0.915. The summed E-state index contributed by atoms with van der Waals surface area (Å²) in [7, 11) is 0. The molecule has 1 fully saturated rings. The molecule has 3 heteroatoms. The van der Waals surface area contributed by atoms with Gasteiger partial charge in [0.1, 0.15) is 12.4 Å². The van der Waals surface area contributed by atoms with Gasteiger partial charge in [-0.3, -0.25) is 0 Å². The van der Waals surface area contributed by atoms with E-state index in [1.54, 1.807) is 0 Å². The number of rotatable bonds is 1. The second-order valence-corrected chi connectivity index (χ2v) is 2.35. The number of hydrogen-bond donors (Lipinski definition) is 0. The van der Waals surface area contributed by atoms with E-state index in [4.69, 9.17) is 4.74 Å². The summed E-state index contributed by atoms with van der Waals surface area (Å²) in [5.41, 5.74) is 0. The zero-order chi connectivity index (χ0) is 5.98. The van der Waals surface area contributed by atoms with Gasteiger partial charge in [0.2, 0.25) is 0 Å². The van der Waals surface area contributed by atoms with Gasteiger partial charge in [-0.05, 0) is 12.3 Å². The van der Waals surface area contributed by atoms with Crippen LogP contribution in [0.4, 0.5) is 0 Å². The molecule has 54 valence electrons. The van der Waals surface area contributed by atoms with Crippen LogP contribution in [0.3, 0.4) is 0 Å². The lowest BCUT2D eigenvalue weighted by atomic mass is 10.1. The summed E-state index contributed by atoms with van der Waals surface area (Å²) in [5.74, 6) is 0.574. The molecule has 0 aromatic carbocycles. The zero-order valence-electron chi connectivity index (χ0n) is 5.34. The van der Waals surface area contributed by atoms with E-state index in [1.165, 1.54) is 0 Å². The normalized spacial score (nSPS) is 33.4. The zero-order valence-corrected chi connectivity index (χ0v) is 6.10. The summed E-state index contributed by atoms with van der Waals surface area (Å²) in [6.07, 6.45) is 1.68. The molecule has 2 atom stereocenters. The molecular formula is C6H10ClO2-. The van der Waals surface area contributed by atoms with Crippen molar-refractivity contribution in [3.05, 3.63) is 0 Å². The molecule has 0 radical (unpaired) electrons. The highest BCUT2D eigenvalue weighted by molar-refractivity contribution is 5.56. The molecule has 2 nitrogen and oxygen atoms in total. The van der Waals surface area contributed by atoms with E-state index in [0.29, 0.717) is 5.92 Å². The summed E-state index contributed by atoms with van der Waals surface area (Å²) in [6.45, 7) is 2.84. The lowest BCUT2D eigenvalue weighted by Gasteiger charge is -1.93. The number of ether oxygens (including phenoxy) is 1. The minimum Gasteiger partial charge on any atom is -1.00 e. The summed E-state index contributed by atoms with van der Waals surface area (Å²) >= 11 is 0. The van der Waals surface area contributed by atoms with Gasteiger partial charge in [-0.2, -0.15) is 0 Å². The van der Waals surface area contributed by atoms with Gasteiger partial charge in [-0.1, -0.05) is 6.92 Å². The molecule has 0 N–H and O–H groups in total. The Kier molecular flexibility index (Phi) is 3.82. The lowest BCUT2D eigenvalue weighted by molar-refractivity contribution is -0.115. The average Bonchev–Trinajstić information content (AvgIpc) is 2.14. The van der Waals surface area contributed by atoms with E-state index in [9.17, 15) is 4.79 Å². The minimum absolute atomic E-state index is 0. The fraction of sp³-hybridized carbons (Fsp3) is 0.833. The summed E-state index contributed by atoms with van der Waals surface area (Å²) in [5, 5.41) is 0. The van der Waals surface area contributed by atoms with Crippen molar-refractivity contribution in [3.63, 3.8) is 0 Å². The van der Waals surface area contributed by atoms with Crippen LogP contribution in [-0.2, 0) is 9.53 Å². The smallest absolute Gasteiger partial charge is 0.148 e. The highest BCUT2D eigenvalue weighted by Crippen LogP contribution is 2.16. The third-order valence-corrected chi connectivity index (χ3v) is 1.38. The van der Waals surface area contributed by atoms with Crippen molar-refractivity contribution in [1.82, 2.24) is 0 Å². The monoisotopic (exact) mass is 149 g/mol. The fourth-order valence-electron chi connectivity index (χ4n) is 0.915. The largest absolute Gasteiger partial charge is 1.00 e. The molecule has 0 amide bonds. The van der Waals surface area contributed by atoms with Crippen molar-refractivity contribution in [2.75, 3.05) is 6.61 Å². The number of halogens is 1. The van der Waals surface area contributed by atoms with Crippen LogP contribution in [0, 0.1) is 5.92 Å². The summed E-state index contributed by atoms with van der Waals surface area (Å²) < 4.78 is 5.05. The molecule has 1 rings (SSSR count). The Morgan fingerprint density at radius 2 is 2.33 bits per heavy atom. The Morgan fingerprint density at radius 3 is 2.56 bits per heavy atom. The van der Waals surface area contributed by atoms with Crippen molar-refractivity contribution in [1.29, 1.82) is 0 Å². The summed E-state index contributed by atoms with van der Waals surface area (Å²) in [6, 6.07) is 0. The van der Waals surface area contributed by atoms with E-state index in [1.807, 2.05) is 0 Å². The Balaban J connectivity index is 0.000000640. The Morgan fingerprint density at radius 1 is 1.67 bits per heavy atom. The van der Waals surface area contributed by atoms with Gasteiger partial charge in [-0.25, -0.2) is 0 Å². The number of aldehydes is 1. The van der Waals surface area contributed by atoms with E-state index in [-0.39, 0.29) is 18.5 Å². The first kappa shape index (κ1) is 8.92. The van der Waals surface area contributed by atoms with Gasteiger partial charge in [0.15, 0.2) is 0 Å². The van der Waals surface area contributed by atoms with Crippen molar-refractivity contribution >= 4 is 6.29 Å². The molecule has 1 aliphatic rings. The predicted molar refractivity (Wildman–Crippen MR) is 29.6 cm³/mol. The molecular weight excluding hydrogens is 140 g/mol. The van der Waals surface area contributed by atoms with Crippen LogP contribution in [0.15, 0.2) is 0 Å². The molecule has 1 aliphatic heterocycles. The third-order valence-electron chi connectivity index (χ3n) is 1.38. The van der Waals surface area contributed by atoms with E-state index >= 15 is 0 Å². The van der Waals surface area contributed by atoms with Crippen LogP contribution in [0.2, 0.25) is 0 Å². The van der Waals surface area contributed by atoms with E-state index < -0.39 is 0 Å². The Hall–Kier alpha value is -0.0800. The van der Waals surface area contributed by atoms with Gasteiger partial charge >= 0.3 is 0 Å². The molecule has 0 saturated carbocycles. The van der Waals surface area contributed by atoms with Crippen LogP contribution in [0.1, 0.15) is 13.3 Å². The predicted octanol–water partition coefficient (Wildman–Crippen LogP) is -2.39. The van der Waals surface area contributed by atoms with Gasteiger partial charge in [-0.15, -0.1) is 0 Å². The Labute approximate surface area is 61.0 Å². The van der Waals surface area contributed by atoms with E-state index in [2.05, 4.69) is 6.92 Å². The standard InChI is InChI=1S/C6H10O2.ClH/c1-5-2-6(3-7)8-4-5;/h3,5-6H,2,4H2,1H3;1H/p-1. The minimum atomic E-state index is -0.106. The maximum atomic E-state index is 10.0. The number of hydrogen-bond acceptors (Lipinski definition) is 2. The molecule has 0 aromatic rings. The second kappa shape index (κ2) is 3.85. The molecule has 0 spiro atoms. The van der Waals surface area contributed by atoms with Gasteiger partial charge < -0.3 is 21.9 Å².